The summed E-state index contributed by atoms with van der Waals surface area (Å²) in [7, 11) is 0. The lowest BCUT2D eigenvalue weighted by molar-refractivity contribution is 0.104. The van der Waals surface area contributed by atoms with E-state index in [4.69, 9.17) is 4.74 Å². The van der Waals surface area contributed by atoms with E-state index >= 15 is 0 Å². The quantitative estimate of drug-likeness (QED) is 0.368. The summed E-state index contributed by atoms with van der Waals surface area (Å²) in [5.41, 5.74) is 6.17. The van der Waals surface area contributed by atoms with Crippen LogP contribution in [0.1, 0.15) is 16.8 Å². The Hall–Kier alpha value is -2.83. The van der Waals surface area contributed by atoms with E-state index in [0.29, 0.717) is 23.4 Å². The van der Waals surface area contributed by atoms with Gasteiger partial charge in [0.1, 0.15) is 11.5 Å². The first-order valence-corrected chi connectivity index (χ1v) is 9.99. The van der Waals surface area contributed by atoms with Crippen LogP contribution in [0.25, 0.3) is 16.8 Å². The average molecular weight is 452 g/mol. The Morgan fingerprint density at radius 2 is 1.83 bits per heavy atom. The summed E-state index contributed by atoms with van der Waals surface area (Å²) >= 11 is 3.35. The van der Waals surface area contributed by atoms with Gasteiger partial charge in [-0.2, -0.15) is 0 Å². The Bertz CT molecular complexity index is 1130. The first kappa shape index (κ1) is 19.5. The zero-order valence-corrected chi connectivity index (χ0v) is 17.4. The molecule has 0 saturated carbocycles. The molecule has 0 unspecified atom stereocenters. The number of halogens is 2. The third-order valence-corrected chi connectivity index (χ3v) is 5.37. The predicted molar refractivity (Wildman–Crippen MR) is 114 cm³/mol. The van der Waals surface area contributed by atoms with Gasteiger partial charge in [0, 0.05) is 4.47 Å². The standard InChI is InChI=1S/C23H19BrFN3O/c1-16-18(8-5-9-21(16)17-6-3-2-4-7-17)14-29-15-20-13-28(27-26-20)23-11-10-19(25)12-22(23)24/h2-13H,14-15H2,1H3. The van der Waals surface area contributed by atoms with Gasteiger partial charge in [-0.25, -0.2) is 9.07 Å². The SMILES string of the molecule is Cc1c(COCc2cn(-c3ccc(F)cc3Br)nn2)cccc1-c1ccccc1. The molecule has 4 aromatic rings. The highest BCUT2D eigenvalue weighted by Crippen LogP contribution is 2.26. The number of rotatable bonds is 6. The fraction of sp³-hybridized carbons (Fsp3) is 0.130. The maximum Gasteiger partial charge on any atom is 0.124 e. The van der Waals surface area contributed by atoms with Crippen molar-refractivity contribution in [2.45, 2.75) is 20.1 Å². The second-order valence-electron chi connectivity index (χ2n) is 6.70. The van der Waals surface area contributed by atoms with Crippen molar-refractivity contribution in [2.75, 3.05) is 0 Å². The molecule has 4 nitrogen and oxygen atoms in total. The molecular formula is C23H19BrFN3O. The lowest BCUT2D eigenvalue weighted by Crippen LogP contribution is -1.98. The van der Waals surface area contributed by atoms with E-state index in [2.05, 4.69) is 63.5 Å². The van der Waals surface area contributed by atoms with Crippen LogP contribution < -0.4 is 0 Å². The Morgan fingerprint density at radius 1 is 1.00 bits per heavy atom. The monoisotopic (exact) mass is 451 g/mol. The lowest BCUT2D eigenvalue weighted by atomic mass is 9.97. The van der Waals surface area contributed by atoms with E-state index in [9.17, 15) is 4.39 Å². The van der Waals surface area contributed by atoms with Crippen LogP contribution in [0.2, 0.25) is 0 Å². The number of nitrogens with zero attached hydrogens (tertiary/aromatic N) is 3. The summed E-state index contributed by atoms with van der Waals surface area (Å²) in [6.07, 6.45) is 1.78. The van der Waals surface area contributed by atoms with Gasteiger partial charge in [-0.05, 0) is 63.3 Å². The van der Waals surface area contributed by atoms with Gasteiger partial charge in [-0.15, -0.1) is 5.10 Å². The summed E-state index contributed by atoms with van der Waals surface area (Å²) in [5, 5.41) is 8.26. The number of hydrogen-bond acceptors (Lipinski definition) is 3. The lowest BCUT2D eigenvalue weighted by Gasteiger charge is -2.11. The predicted octanol–water partition coefficient (Wildman–Crippen LogP) is 5.86. The fourth-order valence-corrected chi connectivity index (χ4v) is 3.72. The van der Waals surface area contributed by atoms with Gasteiger partial charge in [-0.3, -0.25) is 0 Å². The molecule has 0 saturated heterocycles. The van der Waals surface area contributed by atoms with Crippen LogP contribution in [-0.4, -0.2) is 15.0 Å². The molecule has 1 heterocycles. The zero-order chi connectivity index (χ0) is 20.2. The zero-order valence-electron chi connectivity index (χ0n) is 15.8. The largest absolute Gasteiger partial charge is 0.370 e. The van der Waals surface area contributed by atoms with Crippen molar-refractivity contribution < 1.29 is 9.13 Å². The van der Waals surface area contributed by atoms with Crippen molar-refractivity contribution in [2.24, 2.45) is 0 Å². The Balaban J connectivity index is 1.43. The molecule has 4 rings (SSSR count). The fourth-order valence-electron chi connectivity index (χ4n) is 3.19. The summed E-state index contributed by atoms with van der Waals surface area (Å²) < 4.78 is 21.4. The second kappa shape index (κ2) is 8.68. The molecule has 0 fully saturated rings. The van der Waals surface area contributed by atoms with Gasteiger partial charge in [-0.1, -0.05) is 53.7 Å². The van der Waals surface area contributed by atoms with Crippen LogP contribution >= 0.6 is 15.9 Å². The minimum Gasteiger partial charge on any atom is -0.370 e. The van der Waals surface area contributed by atoms with Crippen LogP contribution in [-0.2, 0) is 18.0 Å². The molecule has 0 bridgehead atoms. The first-order valence-electron chi connectivity index (χ1n) is 9.20. The smallest absolute Gasteiger partial charge is 0.124 e. The molecule has 0 aliphatic rings. The minimum absolute atomic E-state index is 0.308. The molecule has 0 amide bonds. The summed E-state index contributed by atoms with van der Waals surface area (Å²) in [6.45, 7) is 2.94. The average Bonchev–Trinajstić information content (AvgIpc) is 3.18. The van der Waals surface area contributed by atoms with Crippen molar-refractivity contribution >= 4 is 15.9 Å². The number of ether oxygens (including phenoxy) is 1. The molecule has 0 atom stereocenters. The third kappa shape index (κ3) is 4.44. The summed E-state index contributed by atoms with van der Waals surface area (Å²) in [5.74, 6) is -0.308. The van der Waals surface area contributed by atoms with E-state index in [-0.39, 0.29) is 5.82 Å². The first-order chi connectivity index (χ1) is 14.1. The third-order valence-electron chi connectivity index (χ3n) is 4.74. The van der Waals surface area contributed by atoms with E-state index in [1.807, 2.05) is 18.2 Å². The van der Waals surface area contributed by atoms with Gasteiger partial charge in [0.2, 0.25) is 0 Å². The molecule has 0 aliphatic carbocycles. The molecular weight excluding hydrogens is 433 g/mol. The van der Waals surface area contributed by atoms with E-state index in [0.717, 1.165) is 11.3 Å². The molecule has 0 radical (unpaired) electrons. The van der Waals surface area contributed by atoms with Crippen LogP contribution in [0, 0.1) is 12.7 Å². The second-order valence-corrected chi connectivity index (χ2v) is 7.55. The van der Waals surface area contributed by atoms with E-state index in [1.54, 1.807) is 16.9 Å². The Morgan fingerprint density at radius 3 is 2.62 bits per heavy atom. The normalized spacial score (nSPS) is 11.0. The minimum atomic E-state index is -0.308. The Kier molecular flexibility index (Phi) is 5.83. The maximum atomic E-state index is 13.3. The van der Waals surface area contributed by atoms with Crippen LogP contribution in [0.3, 0.4) is 0 Å². The Labute approximate surface area is 177 Å². The highest BCUT2D eigenvalue weighted by molar-refractivity contribution is 9.10. The van der Waals surface area contributed by atoms with Gasteiger partial charge in [0.25, 0.3) is 0 Å². The number of aromatic nitrogens is 3. The highest BCUT2D eigenvalue weighted by Gasteiger charge is 2.09. The molecule has 3 aromatic carbocycles. The van der Waals surface area contributed by atoms with Crippen LogP contribution in [0.5, 0.6) is 0 Å². The highest BCUT2D eigenvalue weighted by atomic mass is 79.9. The number of benzene rings is 3. The molecule has 0 spiro atoms. The molecule has 29 heavy (non-hydrogen) atoms. The van der Waals surface area contributed by atoms with E-state index in [1.165, 1.54) is 28.8 Å². The van der Waals surface area contributed by atoms with Gasteiger partial charge < -0.3 is 4.74 Å². The van der Waals surface area contributed by atoms with Crippen molar-refractivity contribution in [3.63, 3.8) is 0 Å². The molecule has 6 heteroatoms. The molecule has 0 N–H and O–H groups in total. The van der Waals surface area contributed by atoms with Gasteiger partial charge in [0.15, 0.2) is 0 Å². The summed E-state index contributed by atoms with van der Waals surface area (Å²) in [4.78, 5) is 0. The van der Waals surface area contributed by atoms with E-state index < -0.39 is 0 Å². The van der Waals surface area contributed by atoms with Crippen molar-refractivity contribution in [1.29, 1.82) is 0 Å². The van der Waals surface area contributed by atoms with Crippen molar-refractivity contribution in [1.82, 2.24) is 15.0 Å². The number of hydrogen-bond donors (Lipinski definition) is 0. The molecule has 146 valence electrons. The van der Waals surface area contributed by atoms with Gasteiger partial charge in [0.05, 0.1) is 25.1 Å². The molecule has 0 aliphatic heterocycles. The molecule has 1 aromatic heterocycles. The van der Waals surface area contributed by atoms with Gasteiger partial charge >= 0.3 is 0 Å². The van der Waals surface area contributed by atoms with Crippen molar-refractivity contribution in [3.8, 4) is 16.8 Å². The summed E-state index contributed by atoms with van der Waals surface area (Å²) in [6, 6.07) is 21.0. The van der Waals surface area contributed by atoms with Crippen LogP contribution in [0.15, 0.2) is 77.4 Å². The topological polar surface area (TPSA) is 39.9 Å². The maximum absolute atomic E-state index is 13.3. The van der Waals surface area contributed by atoms with Crippen molar-refractivity contribution in [3.05, 3.63) is 100 Å². The van der Waals surface area contributed by atoms with Crippen LogP contribution in [0.4, 0.5) is 4.39 Å².